The van der Waals surface area contributed by atoms with Gasteiger partial charge in [-0.15, -0.1) is 0 Å². The molecule has 0 aromatic carbocycles. The minimum atomic E-state index is -2.93. The quantitative estimate of drug-likeness (QED) is 0.742. The molecule has 0 aliphatic carbocycles. The average molecular weight is 318 g/mol. The van der Waals surface area contributed by atoms with Crippen LogP contribution in [0.5, 0.6) is 0 Å². The number of anilines is 1. The van der Waals surface area contributed by atoms with Gasteiger partial charge in [-0.2, -0.15) is 0 Å². The van der Waals surface area contributed by atoms with Crippen molar-refractivity contribution in [3.63, 3.8) is 0 Å². The zero-order chi connectivity index (χ0) is 15.0. The van der Waals surface area contributed by atoms with Gasteiger partial charge >= 0.3 is 0 Å². The Balaban J connectivity index is 2.31. The fraction of sp³-hybridized carbons (Fsp3) is 0.692. The fourth-order valence-electron chi connectivity index (χ4n) is 2.07. The summed E-state index contributed by atoms with van der Waals surface area (Å²) in [5.41, 5.74) is -0.197. The van der Waals surface area contributed by atoms with E-state index in [1.54, 1.807) is 6.07 Å². The molecule has 0 bridgehead atoms. The summed E-state index contributed by atoms with van der Waals surface area (Å²) in [5.74, 6) is 1.80. The third-order valence-electron chi connectivity index (χ3n) is 3.23. The zero-order valence-electron chi connectivity index (χ0n) is 12.1. The standard InChI is InChI=1S/C13H20ClN3O2S/c1-13(2,3)12-15-10(14)9-11(16-12)17-5-4-7-20(18,19)8-6-17/h9H,4-8H2,1-3H3. The summed E-state index contributed by atoms with van der Waals surface area (Å²) in [6.07, 6.45) is 0.620. The molecule has 1 aromatic rings. The van der Waals surface area contributed by atoms with Gasteiger partial charge in [0, 0.05) is 24.6 Å². The number of halogens is 1. The van der Waals surface area contributed by atoms with Gasteiger partial charge in [0.15, 0.2) is 9.84 Å². The Bertz CT molecular complexity index is 596. The van der Waals surface area contributed by atoms with Crippen LogP contribution in [0.4, 0.5) is 5.82 Å². The second-order valence-corrected chi connectivity index (χ2v) is 8.81. The third kappa shape index (κ3) is 3.82. The molecule has 2 rings (SSSR count). The molecular weight excluding hydrogens is 298 g/mol. The molecule has 2 heterocycles. The highest BCUT2D eigenvalue weighted by molar-refractivity contribution is 7.91. The summed E-state index contributed by atoms with van der Waals surface area (Å²) >= 11 is 6.08. The van der Waals surface area contributed by atoms with Crippen molar-refractivity contribution >= 4 is 27.3 Å². The van der Waals surface area contributed by atoms with Gasteiger partial charge in [-0.25, -0.2) is 18.4 Å². The van der Waals surface area contributed by atoms with Crippen molar-refractivity contribution in [3.05, 3.63) is 17.0 Å². The Labute approximate surface area is 125 Å². The lowest BCUT2D eigenvalue weighted by Gasteiger charge is -2.24. The van der Waals surface area contributed by atoms with Crippen molar-refractivity contribution in [1.29, 1.82) is 0 Å². The molecule has 0 N–H and O–H groups in total. The number of hydrogen-bond acceptors (Lipinski definition) is 5. The van der Waals surface area contributed by atoms with Gasteiger partial charge < -0.3 is 4.90 Å². The van der Waals surface area contributed by atoms with E-state index in [1.165, 1.54) is 0 Å². The second kappa shape index (κ2) is 5.48. The normalized spacial score (nSPS) is 19.7. The Morgan fingerprint density at radius 3 is 2.55 bits per heavy atom. The molecule has 1 fully saturated rings. The van der Waals surface area contributed by atoms with Crippen LogP contribution in [-0.2, 0) is 15.3 Å². The minimum absolute atomic E-state index is 0.166. The predicted octanol–water partition coefficient (Wildman–Crippen LogP) is 2.05. The lowest BCUT2D eigenvalue weighted by Crippen LogP contribution is -2.29. The Kier molecular flexibility index (Phi) is 4.25. The first-order chi connectivity index (χ1) is 9.17. The number of nitrogens with zero attached hydrogens (tertiary/aromatic N) is 3. The van der Waals surface area contributed by atoms with E-state index in [-0.39, 0.29) is 16.9 Å². The average Bonchev–Trinajstić information content (AvgIpc) is 2.48. The minimum Gasteiger partial charge on any atom is -0.355 e. The first-order valence-electron chi connectivity index (χ1n) is 6.68. The summed E-state index contributed by atoms with van der Waals surface area (Å²) < 4.78 is 23.3. The van der Waals surface area contributed by atoms with Crippen LogP contribution in [0, 0.1) is 0 Å². The van der Waals surface area contributed by atoms with E-state index >= 15 is 0 Å². The highest BCUT2D eigenvalue weighted by Crippen LogP contribution is 2.24. The lowest BCUT2D eigenvalue weighted by atomic mass is 9.96. The maximum atomic E-state index is 11.7. The topological polar surface area (TPSA) is 63.2 Å². The van der Waals surface area contributed by atoms with Crippen LogP contribution in [0.3, 0.4) is 0 Å². The van der Waals surface area contributed by atoms with E-state index in [0.29, 0.717) is 36.3 Å². The van der Waals surface area contributed by atoms with Crippen molar-refractivity contribution in [1.82, 2.24) is 9.97 Å². The highest BCUT2D eigenvalue weighted by Gasteiger charge is 2.23. The summed E-state index contributed by atoms with van der Waals surface area (Å²) in [7, 11) is -2.93. The van der Waals surface area contributed by atoms with E-state index in [9.17, 15) is 8.42 Å². The predicted molar refractivity (Wildman–Crippen MR) is 81.2 cm³/mol. The molecule has 1 aromatic heterocycles. The monoisotopic (exact) mass is 317 g/mol. The molecule has 1 saturated heterocycles. The van der Waals surface area contributed by atoms with Crippen LogP contribution in [0.2, 0.25) is 5.15 Å². The molecule has 1 aliphatic rings. The van der Waals surface area contributed by atoms with Crippen molar-refractivity contribution in [3.8, 4) is 0 Å². The SMILES string of the molecule is CC(C)(C)c1nc(Cl)cc(N2CCCS(=O)(=O)CC2)n1. The van der Waals surface area contributed by atoms with Crippen molar-refractivity contribution in [2.75, 3.05) is 29.5 Å². The molecule has 1 aliphatic heterocycles. The van der Waals surface area contributed by atoms with Crippen LogP contribution < -0.4 is 4.90 Å². The summed E-state index contributed by atoms with van der Waals surface area (Å²) in [4.78, 5) is 10.8. The smallest absolute Gasteiger partial charge is 0.152 e. The van der Waals surface area contributed by atoms with Crippen LogP contribution in [0.15, 0.2) is 6.07 Å². The summed E-state index contributed by atoms with van der Waals surface area (Å²) in [6, 6.07) is 1.70. The molecule has 5 nitrogen and oxygen atoms in total. The van der Waals surface area contributed by atoms with Crippen molar-refractivity contribution in [2.24, 2.45) is 0 Å². The molecular formula is C13H20ClN3O2S. The largest absolute Gasteiger partial charge is 0.355 e. The van der Waals surface area contributed by atoms with Crippen LogP contribution in [0.25, 0.3) is 0 Å². The molecule has 0 atom stereocenters. The van der Waals surface area contributed by atoms with Gasteiger partial charge in [0.2, 0.25) is 0 Å². The fourth-order valence-corrected chi connectivity index (χ4v) is 3.52. The zero-order valence-corrected chi connectivity index (χ0v) is 13.6. The number of aromatic nitrogens is 2. The highest BCUT2D eigenvalue weighted by atomic mass is 35.5. The van der Waals surface area contributed by atoms with Crippen LogP contribution in [-0.4, -0.2) is 43.0 Å². The van der Waals surface area contributed by atoms with Gasteiger partial charge in [0.25, 0.3) is 0 Å². The maximum Gasteiger partial charge on any atom is 0.152 e. The molecule has 0 saturated carbocycles. The maximum absolute atomic E-state index is 11.7. The first kappa shape index (κ1) is 15.5. The number of sulfone groups is 1. The number of hydrogen-bond donors (Lipinski definition) is 0. The van der Waals surface area contributed by atoms with E-state index in [0.717, 1.165) is 0 Å². The van der Waals surface area contributed by atoms with Gasteiger partial charge in [0.1, 0.15) is 16.8 Å². The summed E-state index contributed by atoms with van der Waals surface area (Å²) in [6.45, 7) is 7.20. The molecule has 0 amide bonds. The lowest BCUT2D eigenvalue weighted by molar-refractivity contribution is 0.544. The molecule has 7 heteroatoms. The molecule has 0 radical (unpaired) electrons. The van der Waals surface area contributed by atoms with Crippen molar-refractivity contribution < 1.29 is 8.42 Å². The van der Waals surface area contributed by atoms with Gasteiger partial charge in [-0.05, 0) is 6.42 Å². The van der Waals surface area contributed by atoms with Gasteiger partial charge in [-0.3, -0.25) is 0 Å². The molecule has 20 heavy (non-hydrogen) atoms. The van der Waals surface area contributed by atoms with Crippen LogP contribution in [0.1, 0.15) is 33.0 Å². The van der Waals surface area contributed by atoms with Crippen LogP contribution >= 0.6 is 11.6 Å². The van der Waals surface area contributed by atoms with Gasteiger partial charge in [-0.1, -0.05) is 32.4 Å². The van der Waals surface area contributed by atoms with Gasteiger partial charge in [0.05, 0.1) is 11.5 Å². The van der Waals surface area contributed by atoms with E-state index in [1.807, 2.05) is 25.7 Å². The van der Waals surface area contributed by atoms with E-state index in [4.69, 9.17) is 11.6 Å². The molecule has 112 valence electrons. The first-order valence-corrected chi connectivity index (χ1v) is 8.88. The number of rotatable bonds is 1. The van der Waals surface area contributed by atoms with E-state index < -0.39 is 9.84 Å². The Morgan fingerprint density at radius 1 is 1.20 bits per heavy atom. The Morgan fingerprint density at radius 2 is 1.90 bits per heavy atom. The van der Waals surface area contributed by atoms with E-state index in [2.05, 4.69) is 9.97 Å². The third-order valence-corrected chi connectivity index (χ3v) is 5.14. The molecule has 0 spiro atoms. The second-order valence-electron chi connectivity index (χ2n) is 6.11. The van der Waals surface area contributed by atoms with Crippen molar-refractivity contribution in [2.45, 2.75) is 32.6 Å². The molecule has 0 unspecified atom stereocenters. The Hall–Kier alpha value is -0.880. The summed E-state index contributed by atoms with van der Waals surface area (Å²) in [5, 5.41) is 0.395.